The van der Waals surface area contributed by atoms with Gasteiger partial charge in [-0.3, -0.25) is 9.00 Å². The first-order valence-electron chi connectivity index (χ1n) is 12.7. The molecule has 0 aliphatic heterocycles. The van der Waals surface area contributed by atoms with Crippen LogP contribution in [0.4, 0.5) is 11.4 Å². The summed E-state index contributed by atoms with van der Waals surface area (Å²) in [7, 11) is 2.86. The predicted molar refractivity (Wildman–Crippen MR) is 157 cm³/mol. The van der Waals surface area contributed by atoms with E-state index in [4.69, 9.17) is 9.47 Å². The van der Waals surface area contributed by atoms with E-state index in [1.165, 1.54) is 14.2 Å². The summed E-state index contributed by atoms with van der Waals surface area (Å²) in [5.41, 5.74) is 3.41. The van der Waals surface area contributed by atoms with Crippen molar-refractivity contribution in [2.45, 2.75) is 19.2 Å². The molecule has 1 amide bonds. The van der Waals surface area contributed by atoms with Crippen LogP contribution in [-0.4, -0.2) is 28.8 Å². The van der Waals surface area contributed by atoms with Crippen molar-refractivity contribution in [3.05, 3.63) is 119 Å². The Morgan fingerprint density at radius 1 is 0.976 bits per heavy atom. The van der Waals surface area contributed by atoms with E-state index < -0.39 is 23.2 Å². The van der Waals surface area contributed by atoms with Crippen LogP contribution in [0.15, 0.2) is 97.1 Å². The summed E-state index contributed by atoms with van der Waals surface area (Å²) in [5, 5.41) is 15.3. The van der Waals surface area contributed by atoms with Gasteiger partial charge < -0.3 is 29.0 Å². The number of benzene rings is 4. The van der Waals surface area contributed by atoms with Crippen LogP contribution in [-0.2, 0) is 29.2 Å². The fourth-order valence-electron chi connectivity index (χ4n) is 4.14. The van der Waals surface area contributed by atoms with Crippen LogP contribution in [0.5, 0.6) is 11.5 Å². The van der Waals surface area contributed by atoms with E-state index in [0.29, 0.717) is 28.3 Å². The standard InChI is InChI=1S/C31H30N4O5S/c1-35(41(37)38)27-18-29(40-21-24-11-7-4-8-12-24)28(39-2)17-26(27)30(34-25-15-13-22(19-32)14-16-25)31(36)33-20-23-9-5-3-6-10-23/h3-18,30,34H,20-21H2,1-2H3,(H,33,36)(H,37,38)/p-1. The Morgan fingerprint density at radius 2 is 1.61 bits per heavy atom. The molecule has 2 atom stereocenters. The highest BCUT2D eigenvalue weighted by atomic mass is 32.2. The maximum Gasteiger partial charge on any atom is 0.247 e. The summed E-state index contributed by atoms with van der Waals surface area (Å²) in [6, 6.07) is 29.7. The van der Waals surface area contributed by atoms with Gasteiger partial charge in [0.2, 0.25) is 5.91 Å². The molecule has 0 aliphatic rings. The fourth-order valence-corrected chi connectivity index (χ4v) is 4.45. The molecule has 2 N–H and O–H groups in total. The second-order valence-corrected chi connectivity index (χ2v) is 10.0. The minimum Gasteiger partial charge on any atom is -0.755 e. The lowest BCUT2D eigenvalue weighted by molar-refractivity contribution is -0.122. The zero-order valence-electron chi connectivity index (χ0n) is 22.6. The third-order valence-electron chi connectivity index (χ3n) is 6.32. The van der Waals surface area contributed by atoms with Gasteiger partial charge in [0.25, 0.3) is 0 Å². The highest BCUT2D eigenvalue weighted by Crippen LogP contribution is 2.40. The maximum atomic E-state index is 13.7. The van der Waals surface area contributed by atoms with E-state index >= 15 is 0 Å². The first-order valence-corrected chi connectivity index (χ1v) is 13.7. The van der Waals surface area contributed by atoms with Crippen molar-refractivity contribution in [2.24, 2.45) is 0 Å². The molecule has 0 aliphatic carbocycles. The van der Waals surface area contributed by atoms with Crippen LogP contribution in [0.25, 0.3) is 0 Å². The average molecular weight is 570 g/mol. The molecule has 10 heteroatoms. The minimum absolute atomic E-state index is 0.225. The number of nitriles is 1. The van der Waals surface area contributed by atoms with Crippen molar-refractivity contribution in [3.63, 3.8) is 0 Å². The number of nitrogens with zero attached hydrogens (tertiary/aromatic N) is 2. The molecule has 0 saturated heterocycles. The van der Waals surface area contributed by atoms with Crippen LogP contribution < -0.4 is 24.4 Å². The largest absolute Gasteiger partial charge is 0.755 e. The number of nitrogens with one attached hydrogen (secondary N) is 2. The van der Waals surface area contributed by atoms with Gasteiger partial charge >= 0.3 is 0 Å². The molecule has 0 spiro atoms. The third-order valence-corrected chi connectivity index (χ3v) is 6.96. The zero-order chi connectivity index (χ0) is 29.2. The number of carbonyl (C=O) groups is 1. The summed E-state index contributed by atoms with van der Waals surface area (Å²) in [4.78, 5) is 13.7. The highest BCUT2D eigenvalue weighted by Gasteiger charge is 2.27. The molecule has 0 radical (unpaired) electrons. The van der Waals surface area contributed by atoms with Gasteiger partial charge in [0.15, 0.2) is 11.5 Å². The van der Waals surface area contributed by atoms with Crippen LogP contribution in [0.3, 0.4) is 0 Å². The first-order chi connectivity index (χ1) is 19.9. The third kappa shape index (κ3) is 7.63. The molecular formula is C31H29N4O5S-. The van der Waals surface area contributed by atoms with Crippen molar-refractivity contribution in [1.29, 1.82) is 5.26 Å². The lowest BCUT2D eigenvalue weighted by Crippen LogP contribution is -2.34. The van der Waals surface area contributed by atoms with Crippen LogP contribution in [0.1, 0.15) is 28.3 Å². The SMILES string of the molecule is COc1cc(C(Nc2ccc(C#N)cc2)C(=O)NCc2ccccc2)c(N(C)S(=O)[O-])cc1OCc1ccccc1. The van der Waals surface area contributed by atoms with Crippen molar-refractivity contribution in [1.82, 2.24) is 5.32 Å². The zero-order valence-corrected chi connectivity index (χ0v) is 23.4. The van der Waals surface area contributed by atoms with E-state index in [2.05, 4.69) is 16.7 Å². The summed E-state index contributed by atoms with van der Waals surface area (Å²) in [5.74, 6) is 0.242. The van der Waals surface area contributed by atoms with Gasteiger partial charge in [0.1, 0.15) is 12.6 Å². The van der Waals surface area contributed by atoms with Crippen molar-refractivity contribution in [2.75, 3.05) is 23.8 Å². The summed E-state index contributed by atoms with van der Waals surface area (Å²) >= 11 is -2.65. The van der Waals surface area contributed by atoms with Crippen molar-refractivity contribution < 1.29 is 23.0 Å². The number of rotatable bonds is 12. The Balaban J connectivity index is 1.75. The van der Waals surface area contributed by atoms with Gasteiger partial charge in [-0.15, -0.1) is 0 Å². The molecule has 2 unspecified atom stereocenters. The van der Waals surface area contributed by atoms with Gasteiger partial charge in [0.05, 0.1) is 24.4 Å². The molecule has 0 heterocycles. The molecular weight excluding hydrogens is 540 g/mol. The normalized spacial score (nSPS) is 12.0. The fraction of sp³-hybridized carbons (Fsp3) is 0.161. The molecule has 4 aromatic rings. The number of amides is 1. The van der Waals surface area contributed by atoms with Crippen LogP contribution >= 0.6 is 0 Å². The average Bonchev–Trinajstić information content (AvgIpc) is 3.02. The number of anilines is 2. The molecule has 4 rings (SSSR count). The molecule has 0 saturated carbocycles. The lowest BCUT2D eigenvalue weighted by atomic mass is 10.0. The Hall–Kier alpha value is -4.85. The second kappa shape index (κ2) is 14.0. The van der Waals surface area contributed by atoms with Crippen molar-refractivity contribution in [3.8, 4) is 17.6 Å². The predicted octanol–water partition coefficient (Wildman–Crippen LogP) is 4.85. The van der Waals surface area contributed by atoms with Gasteiger partial charge in [-0.05, 0) is 41.5 Å². The highest BCUT2D eigenvalue weighted by molar-refractivity contribution is 7.80. The number of ether oxygens (including phenoxy) is 2. The maximum absolute atomic E-state index is 13.7. The summed E-state index contributed by atoms with van der Waals surface area (Å²) < 4.78 is 36.9. The Labute approximate surface area is 241 Å². The molecule has 0 bridgehead atoms. The van der Waals surface area contributed by atoms with E-state index in [9.17, 15) is 18.8 Å². The molecule has 41 heavy (non-hydrogen) atoms. The topological polar surface area (TPSA) is 127 Å². The van der Waals surface area contributed by atoms with E-state index in [1.54, 1.807) is 36.4 Å². The second-order valence-electron chi connectivity index (χ2n) is 9.02. The molecule has 4 aromatic carbocycles. The molecule has 0 aromatic heterocycles. The summed E-state index contributed by atoms with van der Waals surface area (Å²) in [6.07, 6.45) is 0. The van der Waals surface area contributed by atoms with Crippen molar-refractivity contribution >= 4 is 28.5 Å². The Bertz CT molecular complexity index is 1530. The lowest BCUT2D eigenvalue weighted by Gasteiger charge is -2.29. The van der Waals surface area contributed by atoms with E-state index in [-0.39, 0.29) is 18.8 Å². The Kier molecular flexibility index (Phi) is 9.94. The van der Waals surface area contributed by atoms with E-state index in [1.807, 2.05) is 60.7 Å². The molecule has 9 nitrogen and oxygen atoms in total. The smallest absolute Gasteiger partial charge is 0.247 e. The quantitative estimate of drug-likeness (QED) is 0.234. The summed E-state index contributed by atoms with van der Waals surface area (Å²) in [6.45, 7) is 0.490. The number of hydrogen-bond acceptors (Lipinski definition) is 7. The Morgan fingerprint density at radius 3 is 2.20 bits per heavy atom. The van der Waals surface area contributed by atoms with Gasteiger partial charge in [-0.1, -0.05) is 60.7 Å². The molecule has 210 valence electrons. The monoisotopic (exact) mass is 569 g/mol. The van der Waals surface area contributed by atoms with Gasteiger partial charge in [-0.2, -0.15) is 5.26 Å². The van der Waals surface area contributed by atoms with Gasteiger partial charge in [-0.25, -0.2) is 0 Å². The van der Waals surface area contributed by atoms with E-state index in [0.717, 1.165) is 15.4 Å². The number of hydrogen-bond donors (Lipinski definition) is 2. The van der Waals surface area contributed by atoms with Crippen LogP contribution in [0, 0.1) is 11.3 Å². The number of carbonyl (C=O) groups excluding carboxylic acids is 1. The minimum atomic E-state index is -2.65. The number of methoxy groups -OCH3 is 1. The van der Waals surface area contributed by atoms with Gasteiger partial charge in [0, 0.05) is 42.2 Å². The molecule has 0 fully saturated rings. The van der Waals surface area contributed by atoms with Crippen LogP contribution in [0.2, 0.25) is 0 Å². The first kappa shape index (κ1) is 29.1.